The van der Waals surface area contributed by atoms with Crippen LogP contribution in [0.3, 0.4) is 0 Å². The Labute approximate surface area is 191 Å². The average Bonchev–Trinajstić information content (AvgIpc) is 2.53. The Bertz CT molecular complexity index is 790. The van der Waals surface area contributed by atoms with Gasteiger partial charge in [0.25, 0.3) is 10.1 Å². The van der Waals surface area contributed by atoms with Crippen molar-refractivity contribution in [3.8, 4) is 17.2 Å². The maximum absolute atomic E-state index is 11.5. The quantitative estimate of drug-likeness (QED) is 0.413. The summed E-state index contributed by atoms with van der Waals surface area (Å²) in [4.78, 5) is -0.685. The molecule has 0 unspecified atom stereocenters. The Kier molecular flexibility index (Phi) is 9.65. The smallest absolute Gasteiger partial charge is 0.872 e. The molecule has 0 saturated carbocycles. The Hall–Kier alpha value is -0.414. The molecule has 7 heteroatoms. The minimum Gasteiger partial charge on any atom is -0.872 e. The van der Waals surface area contributed by atoms with Gasteiger partial charge in [0, 0.05) is 6.07 Å². The zero-order chi connectivity index (χ0) is 17.6. The number of benzene rings is 2. The summed E-state index contributed by atoms with van der Waals surface area (Å²) < 4.78 is 37.1. The van der Waals surface area contributed by atoms with E-state index in [-0.39, 0.29) is 57.1 Å². The molecular formula is C18H21KO5S. The van der Waals surface area contributed by atoms with Gasteiger partial charge in [0.05, 0.1) is 4.90 Å². The van der Waals surface area contributed by atoms with E-state index < -0.39 is 20.8 Å². The van der Waals surface area contributed by atoms with Gasteiger partial charge in [-0.25, -0.2) is 0 Å². The Balaban J connectivity index is 0.00000312. The van der Waals surface area contributed by atoms with Gasteiger partial charge in [-0.1, -0.05) is 50.1 Å². The molecule has 0 fully saturated rings. The van der Waals surface area contributed by atoms with Crippen molar-refractivity contribution in [3.63, 3.8) is 0 Å². The van der Waals surface area contributed by atoms with Gasteiger partial charge in [-0.3, -0.25) is 4.55 Å². The summed E-state index contributed by atoms with van der Waals surface area (Å²) in [5.41, 5.74) is 1.14. The van der Waals surface area contributed by atoms with Crippen LogP contribution in [-0.2, 0) is 16.5 Å². The molecule has 0 saturated heterocycles. The van der Waals surface area contributed by atoms with Crippen molar-refractivity contribution in [2.24, 2.45) is 0 Å². The van der Waals surface area contributed by atoms with Crippen LogP contribution in [0.5, 0.6) is 17.2 Å². The first-order valence-corrected chi connectivity index (χ1v) is 9.39. The standard InChI is InChI=1S/C18H22O5S.K/c1-2-3-4-5-7-14-8-6-9-15(12-14)23-16-10-11-17(19)18(13-16)24(20,21)22;/h6,8-13,19H,2-5,7H2,1H3,(H,20,21,22);/q;+1/p-1. The van der Waals surface area contributed by atoms with Gasteiger partial charge in [-0.15, -0.1) is 0 Å². The van der Waals surface area contributed by atoms with Gasteiger partial charge < -0.3 is 9.84 Å². The second-order valence-corrected chi connectivity index (χ2v) is 7.03. The normalized spacial score (nSPS) is 11.0. The van der Waals surface area contributed by atoms with Crippen LogP contribution in [0.25, 0.3) is 0 Å². The largest absolute Gasteiger partial charge is 1.00 e. The number of unbranched alkanes of at least 4 members (excludes halogenated alkanes) is 3. The summed E-state index contributed by atoms with van der Waals surface area (Å²) in [7, 11) is -4.57. The van der Waals surface area contributed by atoms with Gasteiger partial charge in [0.15, 0.2) is 0 Å². The fraction of sp³-hybridized carbons (Fsp3) is 0.333. The predicted molar refractivity (Wildman–Crippen MR) is 90.1 cm³/mol. The van der Waals surface area contributed by atoms with Crippen LogP contribution in [0.1, 0.15) is 38.2 Å². The molecule has 0 aliphatic carbocycles. The summed E-state index contributed by atoms with van der Waals surface area (Å²) in [6, 6.07) is 11.0. The Morgan fingerprint density at radius 3 is 2.44 bits per heavy atom. The summed E-state index contributed by atoms with van der Waals surface area (Å²) >= 11 is 0. The van der Waals surface area contributed by atoms with Crippen molar-refractivity contribution in [2.45, 2.75) is 43.9 Å². The molecule has 2 aromatic rings. The van der Waals surface area contributed by atoms with Crippen LogP contribution < -0.4 is 61.2 Å². The van der Waals surface area contributed by atoms with Gasteiger partial charge in [0.2, 0.25) is 0 Å². The zero-order valence-electron chi connectivity index (χ0n) is 14.6. The molecule has 0 aliphatic rings. The average molecular weight is 389 g/mol. The topological polar surface area (TPSA) is 86.7 Å². The molecular weight excluding hydrogens is 367 g/mol. The van der Waals surface area contributed by atoms with Crippen LogP contribution >= 0.6 is 0 Å². The molecule has 2 rings (SSSR count). The first-order chi connectivity index (χ1) is 11.4. The monoisotopic (exact) mass is 388 g/mol. The van der Waals surface area contributed by atoms with E-state index in [0.717, 1.165) is 30.5 Å². The first kappa shape index (κ1) is 22.6. The third kappa shape index (κ3) is 7.38. The van der Waals surface area contributed by atoms with Crippen LogP contribution in [-0.4, -0.2) is 13.0 Å². The molecule has 1 N–H and O–H groups in total. The van der Waals surface area contributed by atoms with E-state index in [1.165, 1.54) is 25.3 Å². The molecule has 2 aromatic carbocycles. The summed E-state index contributed by atoms with van der Waals surface area (Å²) in [5.74, 6) is -0.0252. The third-order valence-electron chi connectivity index (χ3n) is 3.65. The van der Waals surface area contributed by atoms with E-state index in [0.29, 0.717) is 5.75 Å². The van der Waals surface area contributed by atoms with E-state index in [4.69, 9.17) is 9.29 Å². The Morgan fingerprint density at radius 2 is 1.76 bits per heavy atom. The maximum Gasteiger partial charge on any atom is 1.00 e. The van der Waals surface area contributed by atoms with E-state index in [1.807, 2.05) is 18.2 Å². The molecule has 0 aromatic heterocycles. The van der Waals surface area contributed by atoms with E-state index in [9.17, 15) is 13.5 Å². The molecule has 0 spiro atoms. The molecule has 5 nitrogen and oxygen atoms in total. The van der Waals surface area contributed by atoms with Crippen LogP contribution in [0.2, 0.25) is 0 Å². The molecule has 130 valence electrons. The molecule has 0 heterocycles. The van der Waals surface area contributed by atoms with Crippen molar-refractivity contribution in [2.75, 3.05) is 0 Å². The van der Waals surface area contributed by atoms with Crippen LogP contribution in [0, 0.1) is 0 Å². The summed E-state index contributed by atoms with van der Waals surface area (Å²) in [5, 5.41) is 11.5. The van der Waals surface area contributed by atoms with Gasteiger partial charge in [-0.05, 0) is 36.6 Å². The van der Waals surface area contributed by atoms with E-state index >= 15 is 0 Å². The second-order valence-electron chi connectivity index (χ2n) is 5.64. The van der Waals surface area contributed by atoms with Crippen LogP contribution in [0.4, 0.5) is 0 Å². The van der Waals surface area contributed by atoms with Crippen molar-refractivity contribution >= 4 is 10.1 Å². The van der Waals surface area contributed by atoms with Gasteiger partial charge in [0.1, 0.15) is 11.5 Å². The van der Waals surface area contributed by atoms with Crippen molar-refractivity contribution in [3.05, 3.63) is 48.0 Å². The zero-order valence-corrected chi connectivity index (χ0v) is 18.5. The van der Waals surface area contributed by atoms with Crippen molar-refractivity contribution < 1.29 is 74.2 Å². The fourth-order valence-electron chi connectivity index (χ4n) is 2.41. The second kappa shape index (κ2) is 10.7. The van der Waals surface area contributed by atoms with E-state index in [2.05, 4.69) is 6.92 Å². The SMILES string of the molecule is CCCCCCc1cccc(Oc2ccc([O-])c(S(=O)(=O)O)c2)c1.[K+]. The number of hydrogen-bond acceptors (Lipinski definition) is 4. The van der Waals surface area contributed by atoms with Crippen molar-refractivity contribution in [1.82, 2.24) is 0 Å². The van der Waals surface area contributed by atoms with Crippen LogP contribution in [0.15, 0.2) is 47.4 Å². The molecule has 0 atom stereocenters. The minimum atomic E-state index is -4.57. The third-order valence-corrected chi connectivity index (χ3v) is 4.52. The van der Waals surface area contributed by atoms with Gasteiger partial charge in [-0.2, -0.15) is 8.42 Å². The summed E-state index contributed by atoms with van der Waals surface area (Å²) in [6.45, 7) is 2.17. The summed E-state index contributed by atoms with van der Waals surface area (Å²) in [6.07, 6.45) is 5.65. The molecule has 0 bridgehead atoms. The molecule has 0 radical (unpaired) electrons. The maximum atomic E-state index is 11.5. The fourth-order valence-corrected chi connectivity index (χ4v) is 3.00. The number of hydrogen-bond donors (Lipinski definition) is 1. The van der Waals surface area contributed by atoms with E-state index in [1.54, 1.807) is 6.07 Å². The number of rotatable bonds is 8. The number of aryl methyl sites for hydroxylation is 1. The molecule has 25 heavy (non-hydrogen) atoms. The minimum absolute atomic E-state index is 0. The van der Waals surface area contributed by atoms with Crippen molar-refractivity contribution in [1.29, 1.82) is 0 Å². The van der Waals surface area contributed by atoms with Gasteiger partial charge >= 0.3 is 51.4 Å². The number of ether oxygens (including phenoxy) is 1. The first-order valence-electron chi connectivity index (χ1n) is 7.95. The molecule has 0 amide bonds. The predicted octanol–water partition coefficient (Wildman–Crippen LogP) is 0.926. The molecule has 0 aliphatic heterocycles. The Morgan fingerprint density at radius 1 is 1.04 bits per heavy atom.